The monoisotopic (exact) mass is 395 g/mol. The van der Waals surface area contributed by atoms with Gasteiger partial charge in [0, 0.05) is 16.6 Å². The van der Waals surface area contributed by atoms with Gasteiger partial charge in [0.05, 0.1) is 11.8 Å². The molecule has 4 nitrogen and oxygen atoms in total. The van der Waals surface area contributed by atoms with Crippen molar-refractivity contribution in [2.45, 2.75) is 32.2 Å². The average Bonchev–Trinajstić information content (AvgIpc) is 3.19. The summed E-state index contributed by atoms with van der Waals surface area (Å²) >= 11 is 3.20. The Labute approximate surface area is 147 Å². The minimum Gasteiger partial charge on any atom is -0.481 e. The molecule has 1 amide bonds. The van der Waals surface area contributed by atoms with Crippen LogP contribution < -0.4 is 5.32 Å². The van der Waals surface area contributed by atoms with Crippen molar-refractivity contribution in [3.63, 3.8) is 0 Å². The third-order valence-corrected chi connectivity index (χ3v) is 6.90. The van der Waals surface area contributed by atoms with Gasteiger partial charge in [0.15, 0.2) is 0 Å². The maximum atomic E-state index is 13.9. The van der Waals surface area contributed by atoms with Gasteiger partial charge in [-0.05, 0) is 55.1 Å². The van der Waals surface area contributed by atoms with Crippen LogP contribution in [0.15, 0.2) is 22.7 Å². The lowest BCUT2D eigenvalue weighted by molar-refractivity contribution is -0.149. The smallest absolute Gasteiger partial charge is 0.307 e. The lowest BCUT2D eigenvalue weighted by atomic mass is 9.78. The Morgan fingerprint density at radius 3 is 2.50 bits per heavy atom. The zero-order valence-corrected chi connectivity index (χ0v) is 14.7. The van der Waals surface area contributed by atoms with E-state index in [0.717, 1.165) is 25.7 Å². The van der Waals surface area contributed by atoms with Crippen LogP contribution in [0.4, 0.5) is 4.39 Å². The summed E-state index contributed by atoms with van der Waals surface area (Å²) in [5.74, 6) is -2.21. The van der Waals surface area contributed by atoms with Crippen molar-refractivity contribution in [1.82, 2.24) is 5.32 Å². The number of amides is 1. The molecule has 1 spiro atoms. The highest BCUT2D eigenvalue weighted by molar-refractivity contribution is 9.10. The van der Waals surface area contributed by atoms with Crippen molar-refractivity contribution in [1.29, 1.82) is 0 Å². The Morgan fingerprint density at radius 2 is 1.92 bits per heavy atom. The molecule has 0 aliphatic heterocycles. The molecule has 4 atom stereocenters. The number of aliphatic carboxylic acids is 1. The Bertz CT molecular complexity index is 718. The van der Waals surface area contributed by atoms with Gasteiger partial charge in [-0.3, -0.25) is 9.59 Å². The Balaban J connectivity index is 1.50. The van der Waals surface area contributed by atoms with Gasteiger partial charge in [0.2, 0.25) is 5.91 Å². The Kier molecular flexibility index (Phi) is 3.71. The van der Waals surface area contributed by atoms with Crippen LogP contribution in [0, 0.1) is 34.9 Å². The van der Waals surface area contributed by atoms with Crippen molar-refractivity contribution in [3.05, 3.63) is 34.1 Å². The molecule has 3 saturated carbocycles. The second-order valence-electron chi connectivity index (χ2n) is 7.37. The van der Waals surface area contributed by atoms with Gasteiger partial charge in [0.1, 0.15) is 5.82 Å². The number of halogens is 2. The lowest BCUT2D eigenvalue weighted by Gasteiger charge is -2.27. The van der Waals surface area contributed by atoms with Gasteiger partial charge in [-0.25, -0.2) is 4.39 Å². The molecule has 4 rings (SSSR count). The van der Waals surface area contributed by atoms with Crippen LogP contribution in [0.25, 0.3) is 0 Å². The highest BCUT2D eigenvalue weighted by Crippen LogP contribution is 2.74. The summed E-state index contributed by atoms with van der Waals surface area (Å²) in [4.78, 5) is 24.5. The normalized spacial score (nSPS) is 32.1. The number of hydrogen-bond acceptors (Lipinski definition) is 2. The van der Waals surface area contributed by atoms with Gasteiger partial charge >= 0.3 is 5.97 Å². The first-order chi connectivity index (χ1) is 11.4. The molecule has 0 radical (unpaired) electrons. The molecule has 1 aromatic rings. The largest absolute Gasteiger partial charge is 0.481 e. The second kappa shape index (κ2) is 5.55. The fourth-order valence-corrected chi connectivity index (χ4v) is 5.64. The number of carboxylic acids is 1. The molecule has 0 heterocycles. The molecule has 1 aromatic carbocycles. The molecule has 3 fully saturated rings. The summed E-state index contributed by atoms with van der Waals surface area (Å²) in [7, 11) is 0. The van der Waals surface area contributed by atoms with Gasteiger partial charge in [0.25, 0.3) is 0 Å². The highest BCUT2D eigenvalue weighted by Gasteiger charge is 2.71. The summed E-state index contributed by atoms with van der Waals surface area (Å²) in [6, 6.07) is 4.71. The van der Waals surface area contributed by atoms with Crippen molar-refractivity contribution in [2.24, 2.45) is 29.1 Å². The number of carbonyl (C=O) groups excluding carboxylic acids is 1. The third-order valence-electron chi connectivity index (χ3n) is 6.40. The van der Waals surface area contributed by atoms with Crippen molar-refractivity contribution < 1.29 is 19.1 Å². The Morgan fingerprint density at radius 1 is 1.25 bits per heavy atom. The minimum atomic E-state index is -0.858. The Hall–Kier alpha value is -1.43. The number of nitrogens with one attached hydrogen (secondary N) is 1. The van der Waals surface area contributed by atoms with E-state index in [2.05, 4.69) is 21.2 Å². The van der Waals surface area contributed by atoms with Crippen LogP contribution in [0.5, 0.6) is 0 Å². The van der Waals surface area contributed by atoms with Crippen molar-refractivity contribution in [3.8, 4) is 0 Å². The predicted octanol–water partition coefficient (Wildman–Crippen LogP) is 3.34. The first kappa shape index (κ1) is 16.1. The zero-order valence-electron chi connectivity index (χ0n) is 13.1. The molecule has 128 valence electrons. The summed E-state index contributed by atoms with van der Waals surface area (Å²) in [6.07, 6.45) is 3.97. The number of benzene rings is 1. The van der Waals surface area contributed by atoms with Gasteiger partial charge < -0.3 is 10.4 Å². The van der Waals surface area contributed by atoms with Crippen LogP contribution in [0.1, 0.15) is 31.2 Å². The van der Waals surface area contributed by atoms with E-state index in [9.17, 15) is 19.1 Å². The first-order valence-corrected chi connectivity index (χ1v) is 9.18. The molecular formula is C18H19BrFNO3. The van der Waals surface area contributed by atoms with E-state index in [1.54, 1.807) is 12.1 Å². The summed E-state index contributed by atoms with van der Waals surface area (Å²) < 4.78 is 14.5. The quantitative estimate of drug-likeness (QED) is 0.821. The van der Waals surface area contributed by atoms with Crippen LogP contribution >= 0.6 is 15.9 Å². The van der Waals surface area contributed by atoms with Crippen molar-refractivity contribution in [2.75, 3.05) is 0 Å². The van der Waals surface area contributed by atoms with Gasteiger partial charge in [-0.2, -0.15) is 0 Å². The number of hydrogen-bond donors (Lipinski definition) is 2. The van der Waals surface area contributed by atoms with E-state index in [1.165, 1.54) is 6.07 Å². The van der Waals surface area contributed by atoms with E-state index in [4.69, 9.17) is 0 Å². The molecule has 0 unspecified atom stereocenters. The summed E-state index contributed by atoms with van der Waals surface area (Å²) in [5.41, 5.74) is 0.510. The first-order valence-electron chi connectivity index (χ1n) is 8.38. The second-order valence-corrected chi connectivity index (χ2v) is 8.28. The molecule has 2 N–H and O–H groups in total. The molecule has 24 heavy (non-hydrogen) atoms. The van der Waals surface area contributed by atoms with Crippen LogP contribution in [-0.4, -0.2) is 17.0 Å². The average molecular weight is 396 g/mol. The number of rotatable bonds is 4. The highest BCUT2D eigenvalue weighted by atomic mass is 79.9. The van der Waals surface area contributed by atoms with E-state index in [1.807, 2.05) is 0 Å². The SMILES string of the molecule is O=C(O)[C@H]1[C@H](C(=O)NCc2ccc(Br)cc2F)[C@@H]2CC[C@H]1C21CC1. The predicted molar refractivity (Wildman–Crippen MR) is 88.4 cm³/mol. The zero-order chi connectivity index (χ0) is 17.1. The molecule has 3 aliphatic rings. The molecule has 0 aromatic heterocycles. The van der Waals surface area contributed by atoms with Crippen LogP contribution in [0.2, 0.25) is 0 Å². The van der Waals surface area contributed by atoms with Gasteiger partial charge in [-0.1, -0.05) is 22.0 Å². The summed E-state index contributed by atoms with van der Waals surface area (Å²) in [5, 5.41) is 12.4. The van der Waals surface area contributed by atoms with Crippen LogP contribution in [0.3, 0.4) is 0 Å². The number of carbonyl (C=O) groups is 2. The van der Waals surface area contributed by atoms with Crippen molar-refractivity contribution >= 4 is 27.8 Å². The molecule has 0 saturated heterocycles. The molecule has 3 aliphatic carbocycles. The van der Waals surface area contributed by atoms with Crippen LogP contribution in [-0.2, 0) is 16.1 Å². The maximum Gasteiger partial charge on any atom is 0.307 e. The lowest BCUT2D eigenvalue weighted by Crippen LogP contribution is -2.41. The van der Waals surface area contributed by atoms with E-state index >= 15 is 0 Å². The summed E-state index contributed by atoms with van der Waals surface area (Å²) in [6.45, 7) is 0.0885. The van der Waals surface area contributed by atoms with E-state index in [-0.39, 0.29) is 35.5 Å². The standard InChI is InChI=1S/C18H19BrFNO3/c19-10-2-1-9(13(20)7-10)8-21-16(22)14-11-3-4-12(15(14)17(23)24)18(11)5-6-18/h1-2,7,11-12,14-15H,3-6,8H2,(H,21,22)(H,23,24)/t11-,12+,14+,15+/m0/s1. The molecule has 6 heteroatoms. The topological polar surface area (TPSA) is 66.4 Å². The molecular weight excluding hydrogens is 377 g/mol. The maximum absolute atomic E-state index is 13.9. The fraction of sp³-hybridized carbons (Fsp3) is 0.556. The third kappa shape index (κ3) is 2.30. The number of carboxylic acid groups (broad SMARTS) is 1. The minimum absolute atomic E-state index is 0.0885. The van der Waals surface area contributed by atoms with E-state index < -0.39 is 17.8 Å². The fourth-order valence-electron chi connectivity index (χ4n) is 5.31. The van der Waals surface area contributed by atoms with E-state index in [0.29, 0.717) is 10.0 Å². The molecule has 2 bridgehead atoms. The van der Waals surface area contributed by atoms with Gasteiger partial charge in [-0.15, -0.1) is 0 Å².